The lowest BCUT2D eigenvalue weighted by Crippen LogP contribution is -2.42. The molecule has 0 heterocycles. The molecule has 0 bridgehead atoms. The van der Waals surface area contributed by atoms with Crippen LogP contribution in [-0.2, 0) is 11.2 Å². The first-order chi connectivity index (χ1) is 10.1. The summed E-state index contributed by atoms with van der Waals surface area (Å²) in [6.07, 6.45) is 0.549. The number of benzene rings is 2. The fourth-order valence-electron chi connectivity index (χ4n) is 2.30. The Labute approximate surface area is 126 Å². The van der Waals surface area contributed by atoms with Gasteiger partial charge in [-0.2, -0.15) is 0 Å². The second kappa shape index (κ2) is 7.04. The van der Waals surface area contributed by atoms with Crippen LogP contribution in [0, 0.1) is 6.92 Å². The molecule has 0 aliphatic heterocycles. The van der Waals surface area contributed by atoms with Gasteiger partial charge in [-0.1, -0.05) is 60.2 Å². The molecule has 21 heavy (non-hydrogen) atoms. The van der Waals surface area contributed by atoms with Gasteiger partial charge in [-0.25, -0.2) is 0 Å². The maximum atomic E-state index is 12.2. The SMILES string of the molecule is Cc1cccc([C@@H](C)NC(=O)C(N)Cc2ccccc2)c1. The summed E-state index contributed by atoms with van der Waals surface area (Å²) in [5.74, 6) is -0.118. The van der Waals surface area contributed by atoms with Gasteiger partial charge in [0.05, 0.1) is 12.1 Å². The van der Waals surface area contributed by atoms with Crippen molar-refractivity contribution in [1.82, 2.24) is 5.32 Å². The molecule has 3 heteroatoms. The zero-order valence-electron chi connectivity index (χ0n) is 12.5. The third-order valence-electron chi connectivity index (χ3n) is 3.54. The number of nitrogens with one attached hydrogen (secondary N) is 1. The topological polar surface area (TPSA) is 55.1 Å². The largest absolute Gasteiger partial charge is 0.348 e. The van der Waals surface area contributed by atoms with Gasteiger partial charge in [0.1, 0.15) is 0 Å². The third kappa shape index (κ3) is 4.43. The Morgan fingerprint density at radius 2 is 1.86 bits per heavy atom. The molecular formula is C18H22N2O. The van der Waals surface area contributed by atoms with Gasteiger partial charge in [0, 0.05) is 0 Å². The quantitative estimate of drug-likeness (QED) is 0.886. The van der Waals surface area contributed by atoms with Crippen LogP contribution in [0.5, 0.6) is 0 Å². The number of amides is 1. The van der Waals surface area contributed by atoms with E-state index in [-0.39, 0.29) is 11.9 Å². The molecule has 0 aliphatic carbocycles. The first-order valence-electron chi connectivity index (χ1n) is 7.22. The standard InChI is InChI=1S/C18H22N2O/c1-13-7-6-10-16(11-13)14(2)20-18(21)17(19)12-15-8-4-3-5-9-15/h3-11,14,17H,12,19H2,1-2H3,(H,20,21)/t14-,17?/m1/s1. The first-order valence-corrected chi connectivity index (χ1v) is 7.22. The molecule has 110 valence electrons. The summed E-state index contributed by atoms with van der Waals surface area (Å²) in [6, 6.07) is 17.4. The highest BCUT2D eigenvalue weighted by atomic mass is 16.2. The summed E-state index contributed by atoms with van der Waals surface area (Å²) in [7, 11) is 0. The zero-order chi connectivity index (χ0) is 15.2. The van der Waals surface area contributed by atoms with E-state index in [1.807, 2.05) is 62.4 Å². The number of aryl methyl sites for hydroxylation is 1. The number of hydrogen-bond donors (Lipinski definition) is 2. The van der Waals surface area contributed by atoms with Crippen molar-refractivity contribution >= 4 is 5.91 Å². The summed E-state index contributed by atoms with van der Waals surface area (Å²) in [5.41, 5.74) is 9.34. The lowest BCUT2D eigenvalue weighted by atomic mass is 10.0. The second-order valence-electron chi connectivity index (χ2n) is 5.44. The van der Waals surface area contributed by atoms with E-state index in [1.54, 1.807) is 0 Å². The van der Waals surface area contributed by atoms with Gasteiger partial charge in [-0.15, -0.1) is 0 Å². The van der Waals surface area contributed by atoms with E-state index in [0.29, 0.717) is 6.42 Å². The predicted molar refractivity (Wildman–Crippen MR) is 85.9 cm³/mol. The number of nitrogens with two attached hydrogens (primary N) is 1. The van der Waals surface area contributed by atoms with Crippen molar-refractivity contribution in [1.29, 1.82) is 0 Å². The molecule has 0 saturated heterocycles. The summed E-state index contributed by atoms with van der Waals surface area (Å²) in [5, 5.41) is 2.98. The van der Waals surface area contributed by atoms with E-state index < -0.39 is 6.04 Å². The average molecular weight is 282 g/mol. The Morgan fingerprint density at radius 1 is 1.14 bits per heavy atom. The van der Waals surface area contributed by atoms with Gasteiger partial charge in [0.15, 0.2) is 0 Å². The minimum atomic E-state index is -0.528. The highest BCUT2D eigenvalue weighted by Gasteiger charge is 2.17. The van der Waals surface area contributed by atoms with Gasteiger partial charge < -0.3 is 11.1 Å². The summed E-state index contributed by atoms with van der Waals surface area (Å²) in [4.78, 5) is 12.2. The van der Waals surface area contributed by atoms with E-state index in [1.165, 1.54) is 5.56 Å². The van der Waals surface area contributed by atoms with Gasteiger partial charge in [0.25, 0.3) is 0 Å². The van der Waals surface area contributed by atoms with E-state index in [2.05, 4.69) is 11.4 Å². The zero-order valence-corrected chi connectivity index (χ0v) is 12.5. The Hall–Kier alpha value is -2.13. The van der Waals surface area contributed by atoms with E-state index in [9.17, 15) is 4.79 Å². The van der Waals surface area contributed by atoms with Crippen LogP contribution in [0.4, 0.5) is 0 Å². The van der Waals surface area contributed by atoms with E-state index >= 15 is 0 Å². The minimum Gasteiger partial charge on any atom is -0.348 e. The highest BCUT2D eigenvalue weighted by Crippen LogP contribution is 2.14. The van der Waals surface area contributed by atoms with Crippen LogP contribution in [0.3, 0.4) is 0 Å². The number of rotatable bonds is 5. The number of carbonyl (C=O) groups is 1. The van der Waals surface area contributed by atoms with Gasteiger partial charge >= 0.3 is 0 Å². The maximum absolute atomic E-state index is 12.2. The minimum absolute atomic E-state index is 0.0424. The maximum Gasteiger partial charge on any atom is 0.237 e. The summed E-state index contributed by atoms with van der Waals surface area (Å²) >= 11 is 0. The molecule has 0 aromatic heterocycles. The lowest BCUT2D eigenvalue weighted by Gasteiger charge is -2.18. The first kappa shape index (κ1) is 15.3. The Bertz CT molecular complexity index is 595. The number of hydrogen-bond acceptors (Lipinski definition) is 2. The number of carbonyl (C=O) groups excluding carboxylic acids is 1. The molecule has 1 unspecified atom stereocenters. The molecule has 2 rings (SSSR count). The van der Waals surface area contributed by atoms with Crippen molar-refractivity contribution in [3.05, 3.63) is 71.3 Å². The molecule has 3 nitrogen and oxygen atoms in total. The third-order valence-corrected chi connectivity index (χ3v) is 3.54. The molecule has 0 saturated carbocycles. The summed E-state index contributed by atoms with van der Waals surface area (Å²) in [6.45, 7) is 4.01. The Morgan fingerprint density at radius 3 is 2.52 bits per heavy atom. The van der Waals surface area contributed by atoms with Crippen molar-refractivity contribution in [2.45, 2.75) is 32.4 Å². The van der Waals surface area contributed by atoms with Crippen LogP contribution >= 0.6 is 0 Å². The molecule has 0 aliphatic rings. The van der Waals surface area contributed by atoms with Crippen molar-refractivity contribution in [3.63, 3.8) is 0 Å². The van der Waals surface area contributed by atoms with Crippen molar-refractivity contribution in [3.8, 4) is 0 Å². The Balaban J connectivity index is 1.94. The van der Waals surface area contributed by atoms with Crippen molar-refractivity contribution in [2.24, 2.45) is 5.73 Å². The van der Waals surface area contributed by atoms with Crippen LogP contribution < -0.4 is 11.1 Å². The van der Waals surface area contributed by atoms with Gasteiger partial charge in [-0.3, -0.25) is 4.79 Å². The predicted octanol–water partition coefficient (Wildman–Crippen LogP) is 2.74. The molecule has 2 atom stereocenters. The molecule has 0 radical (unpaired) electrons. The molecular weight excluding hydrogens is 260 g/mol. The highest BCUT2D eigenvalue weighted by molar-refractivity contribution is 5.82. The van der Waals surface area contributed by atoms with Crippen LogP contribution in [0.2, 0.25) is 0 Å². The summed E-state index contributed by atoms with van der Waals surface area (Å²) < 4.78 is 0. The normalized spacial score (nSPS) is 13.5. The second-order valence-corrected chi connectivity index (χ2v) is 5.44. The van der Waals surface area contributed by atoms with Gasteiger partial charge in [-0.05, 0) is 31.4 Å². The lowest BCUT2D eigenvalue weighted by molar-refractivity contribution is -0.123. The Kier molecular flexibility index (Phi) is 5.12. The fourth-order valence-corrected chi connectivity index (χ4v) is 2.30. The van der Waals surface area contributed by atoms with E-state index in [0.717, 1.165) is 11.1 Å². The average Bonchev–Trinajstić information content (AvgIpc) is 2.48. The molecule has 0 spiro atoms. The van der Waals surface area contributed by atoms with Crippen molar-refractivity contribution < 1.29 is 4.79 Å². The van der Waals surface area contributed by atoms with Crippen LogP contribution in [0.1, 0.15) is 29.7 Å². The van der Waals surface area contributed by atoms with Crippen LogP contribution in [0.25, 0.3) is 0 Å². The molecule has 2 aromatic carbocycles. The monoisotopic (exact) mass is 282 g/mol. The van der Waals surface area contributed by atoms with Crippen molar-refractivity contribution in [2.75, 3.05) is 0 Å². The molecule has 0 fully saturated rings. The molecule has 1 amide bonds. The van der Waals surface area contributed by atoms with Crippen LogP contribution in [-0.4, -0.2) is 11.9 Å². The molecule has 3 N–H and O–H groups in total. The van der Waals surface area contributed by atoms with Crippen LogP contribution in [0.15, 0.2) is 54.6 Å². The fraction of sp³-hybridized carbons (Fsp3) is 0.278. The van der Waals surface area contributed by atoms with Gasteiger partial charge in [0.2, 0.25) is 5.91 Å². The molecule has 2 aromatic rings. The van der Waals surface area contributed by atoms with E-state index in [4.69, 9.17) is 5.73 Å². The smallest absolute Gasteiger partial charge is 0.237 e.